The zero-order chi connectivity index (χ0) is 19.1. The second-order valence-electron chi connectivity index (χ2n) is 5.74. The predicted molar refractivity (Wildman–Crippen MR) is 94.3 cm³/mol. The fourth-order valence-electron chi connectivity index (χ4n) is 2.50. The molecule has 26 heavy (non-hydrogen) atoms. The molecular formula is C18H20N4O4. The number of nitriles is 1. The highest BCUT2D eigenvalue weighted by atomic mass is 16.5. The van der Waals surface area contributed by atoms with Gasteiger partial charge in [-0.15, -0.1) is 0 Å². The van der Waals surface area contributed by atoms with E-state index in [2.05, 4.69) is 10.1 Å². The van der Waals surface area contributed by atoms with E-state index in [0.717, 1.165) is 0 Å². The number of ketones is 1. The number of nitrogens with zero attached hydrogens (tertiary/aromatic N) is 3. The van der Waals surface area contributed by atoms with E-state index in [1.807, 2.05) is 11.0 Å². The first kappa shape index (κ1) is 19.0. The summed E-state index contributed by atoms with van der Waals surface area (Å²) in [5.41, 5.74) is 0.869. The number of amides is 2. The monoisotopic (exact) mass is 356 g/mol. The number of carbonyl (C=O) groups excluding carboxylic acids is 3. The Morgan fingerprint density at radius 3 is 2.50 bits per heavy atom. The molecule has 0 bridgehead atoms. The summed E-state index contributed by atoms with van der Waals surface area (Å²) in [5.74, 6) is -0.663. The average molecular weight is 356 g/mol. The van der Waals surface area contributed by atoms with E-state index in [4.69, 9.17) is 0 Å². The van der Waals surface area contributed by atoms with Gasteiger partial charge in [0.05, 0.1) is 7.11 Å². The Morgan fingerprint density at radius 2 is 1.92 bits per heavy atom. The zero-order valence-corrected chi connectivity index (χ0v) is 14.7. The van der Waals surface area contributed by atoms with E-state index in [9.17, 15) is 19.6 Å². The topological polar surface area (TPSA) is 103 Å². The highest BCUT2D eigenvalue weighted by Gasteiger charge is 2.21. The molecule has 0 aromatic heterocycles. The normalized spacial score (nSPS) is 14.4. The molecule has 1 heterocycles. The van der Waals surface area contributed by atoms with Crippen LogP contribution >= 0.6 is 0 Å². The van der Waals surface area contributed by atoms with Gasteiger partial charge in [0.1, 0.15) is 11.6 Å². The largest absolute Gasteiger partial charge is 0.453 e. The molecule has 1 aliphatic heterocycles. The molecular weight excluding hydrogens is 336 g/mol. The summed E-state index contributed by atoms with van der Waals surface area (Å²) >= 11 is 0. The Bertz CT molecular complexity index is 774. The van der Waals surface area contributed by atoms with Crippen molar-refractivity contribution in [2.24, 2.45) is 0 Å². The SMILES string of the molecule is COC(=O)N1CCN(/C=C(/C#N)C(=O)Nc2cccc(C(C)=O)c2)CC1. The van der Waals surface area contributed by atoms with Crippen LogP contribution in [0.15, 0.2) is 36.0 Å². The van der Waals surface area contributed by atoms with Gasteiger partial charge in [0.15, 0.2) is 5.78 Å². The molecule has 0 spiro atoms. The van der Waals surface area contributed by atoms with Gasteiger partial charge in [-0.25, -0.2) is 4.79 Å². The minimum Gasteiger partial charge on any atom is -0.453 e. The fourth-order valence-corrected chi connectivity index (χ4v) is 2.50. The quantitative estimate of drug-likeness (QED) is 0.500. The van der Waals surface area contributed by atoms with Gasteiger partial charge >= 0.3 is 6.09 Å². The van der Waals surface area contributed by atoms with Gasteiger partial charge in [-0.3, -0.25) is 9.59 Å². The number of hydrogen-bond acceptors (Lipinski definition) is 6. The predicted octanol–water partition coefficient (Wildman–Crippen LogP) is 1.62. The van der Waals surface area contributed by atoms with Gasteiger partial charge < -0.3 is 19.9 Å². The maximum atomic E-state index is 12.3. The maximum absolute atomic E-state index is 12.3. The van der Waals surface area contributed by atoms with Crippen LogP contribution in [0, 0.1) is 11.3 Å². The second-order valence-corrected chi connectivity index (χ2v) is 5.74. The standard InChI is InChI=1S/C18H20N4O4/c1-13(23)14-4-3-5-16(10-14)20-17(24)15(11-19)12-21-6-8-22(9-7-21)18(25)26-2/h3-5,10,12H,6-9H2,1-2H3,(H,20,24)/b15-12-. The molecule has 1 N–H and O–H groups in total. The van der Waals surface area contributed by atoms with Crippen molar-refractivity contribution < 1.29 is 19.1 Å². The molecule has 0 radical (unpaired) electrons. The maximum Gasteiger partial charge on any atom is 0.409 e. The van der Waals surface area contributed by atoms with E-state index in [1.54, 1.807) is 29.2 Å². The molecule has 1 aromatic carbocycles. The van der Waals surface area contributed by atoms with Crippen molar-refractivity contribution in [3.8, 4) is 6.07 Å². The van der Waals surface area contributed by atoms with E-state index in [1.165, 1.54) is 20.2 Å². The molecule has 0 unspecified atom stereocenters. The van der Waals surface area contributed by atoms with Gasteiger partial charge in [0, 0.05) is 43.6 Å². The third kappa shape index (κ3) is 4.83. The summed E-state index contributed by atoms with van der Waals surface area (Å²) in [6.07, 6.45) is 1.09. The molecule has 8 nitrogen and oxygen atoms in total. The number of ether oxygens (including phenoxy) is 1. The molecule has 0 saturated carbocycles. The summed E-state index contributed by atoms with van der Waals surface area (Å²) in [4.78, 5) is 38.6. The lowest BCUT2D eigenvalue weighted by atomic mass is 10.1. The van der Waals surface area contributed by atoms with Crippen molar-refractivity contribution in [2.45, 2.75) is 6.92 Å². The van der Waals surface area contributed by atoms with E-state index >= 15 is 0 Å². The van der Waals surface area contributed by atoms with Gasteiger partial charge in [0.2, 0.25) is 0 Å². The van der Waals surface area contributed by atoms with Crippen molar-refractivity contribution in [1.29, 1.82) is 5.26 Å². The van der Waals surface area contributed by atoms with Crippen molar-refractivity contribution in [3.63, 3.8) is 0 Å². The molecule has 136 valence electrons. The average Bonchev–Trinajstić information content (AvgIpc) is 2.66. The first-order chi connectivity index (χ1) is 12.4. The number of rotatable bonds is 4. The minimum atomic E-state index is -0.552. The third-order valence-corrected chi connectivity index (χ3v) is 3.95. The Hall–Kier alpha value is -3.34. The van der Waals surface area contributed by atoms with Crippen LogP contribution in [0.2, 0.25) is 0 Å². The van der Waals surface area contributed by atoms with Gasteiger partial charge in [-0.1, -0.05) is 12.1 Å². The lowest BCUT2D eigenvalue weighted by Gasteiger charge is -2.33. The molecule has 2 amide bonds. The molecule has 1 aliphatic rings. The van der Waals surface area contributed by atoms with Crippen LogP contribution in [0.4, 0.5) is 10.5 Å². The number of benzene rings is 1. The molecule has 1 saturated heterocycles. The first-order valence-electron chi connectivity index (χ1n) is 8.06. The van der Waals surface area contributed by atoms with Crippen LogP contribution in [0.3, 0.4) is 0 Å². The Labute approximate surface area is 151 Å². The van der Waals surface area contributed by atoms with Crippen molar-refractivity contribution >= 4 is 23.5 Å². The highest BCUT2D eigenvalue weighted by molar-refractivity contribution is 6.07. The van der Waals surface area contributed by atoms with Crippen LogP contribution in [0.5, 0.6) is 0 Å². The van der Waals surface area contributed by atoms with Crippen molar-refractivity contribution in [3.05, 3.63) is 41.6 Å². The highest BCUT2D eigenvalue weighted by Crippen LogP contribution is 2.13. The van der Waals surface area contributed by atoms with Crippen LogP contribution in [0.1, 0.15) is 17.3 Å². The Balaban J connectivity index is 2.02. The number of anilines is 1. The van der Waals surface area contributed by atoms with Gasteiger partial charge in [-0.2, -0.15) is 5.26 Å². The Morgan fingerprint density at radius 1 is 1.23 bits per heavy atom. The summed E-state index contributed by atoms with van der Waals surface area (Å²) in [5, 5.41) is 11.9. The zero-order valence-electron chi connectivity index (χ0n) is 14.7. The van der Waals surface area contributed by atoms with Crippen LogP contribution in [0.25, 0.3) is 0 Å². The molecule has 0 atom stereocenters. The number of carbonyl (C=O) groups is 3. The van der Waals surface area contributed by atoms with Gasteiger partial charge in [-0.05, 0) is 19.1 Å². The number of piperazine rings is 1. The second kappa shape index (κ2) is 8.67. The van der Waals surface area contributed by atoms with E-state index < -0.39 is 12.0 Å². The summed E-state index contributed by atoms with van der Waals surface area (Å²) < 4.78 is 4.67. The van der Waals surface area contributed by atoms with Crippen LogP contribution < -0.4 is 5.32 Å². The Kier molecular flexibility index (Phi) is 6.33. The molecule has 2 rings (SSSR count). The van der Waals surface area contributed by atoms with Crippen molar-refractivity contribution in [2.75, 3.05) is 38.6 Å². The lowest BCUT2D eigenvalue weighted by molar-refractivity contribution is -0.112. The summed E-state index contributed by atoms with van der Waals surface area (Å²) in [6.45, 7) is 3.32. The van der Waals surface area contributed by atoms with Gasteiger partial charge in [0.25, 0.3) is 5.91 Å². The number of nitrogens with one attached hydrogen (secondary N) is 1. The molecule has 1 fully saturated rings. The lowest BCUT2D eigenvalue weighted by Crippen LogP contribution is -2.47. The van der Waals surface area contributed by atoms with E-state index in [0.29, 0.717) is 37.4 Å². The summed E-state index contributed by atoms with van der Waals surface area (Å²) in [7, 11) is 1.33. The first-order valence-corrected chi connectivity index (χ1v) is 8.06. The molecule has 0 aliphatic carbocycles. The smallest absolute Gasteiger partial charge is 0.409 e. The number of hydrogen-bond donors (Lipinski definition) is 1. The minimum absolute atomic E-state index is 0.0512. The number of methoxy groups -OCH3 is 1. The van der Waals surface area contributed by atoms with Crippen molar-refractivity contribution in [1.82, 2.24) is 9.80 Å². The van der Waals surface area contributed by atoms with Crippen LogP contribution in [-0.2, 0) is 9.53 Å². The fraction of sp³-hybridized carbons (Fsp3) is 0.333. The molecule has 1 aromatic rings. The van der Waals surface area contributed by atoms with Crippen LogP contribution in [-0.4, -0.2) is 60.9 Å². The summed E-state index contributed by atoms with van der Waals surface area (Å²) in [6, 6.07) is 8.41. The molecule has 8 heteroatoms. The third-order valence-electron chi connectivity index (χ3n) is 3.95. The van der Waals surface area contributed by atoms with E-state index in [-0.39, 0.29) is 11.4 Å². The number of Topliss-reactive ketones (excluding diaryl/α,β-unsaturated/α-hetero) is 1.